The molecule has 1 atom stereocenters. The number of anilines is 2. The summed E-state index contributed by atoms with van der Waals surface area (Å²) in [5.74, 6) is -0.459. The zero-order valence-electron chi connectivity index (χ0n) is 18.6. The molecule has 0 radical (unpaired) electrons. The predicted octanol–water partition coefficient (Wildman–Crippen LogP) is 3.23. The fourth-order valence-corrected chi connectivity index (χ4v) is 4.84. The first-order chi connectivity index (χ1) is 15.0. The number of aliphatic hydroxyl groups is 1. The number of fused-ring (bicyclic) bond motifs is 1. The van der Waals surface area contributed by atoms with Gasteiger partial charge in [0, 0.05) is 13.5 Å². The molecule has 2 aromatic rings. The summed E-state index contributed by atoms with van der Waals surface area (Å²) in [5.41, 5.74) is 2.68. The number of sulfone groups is 1. The van der Waals surface area contributed by atoms with Gasteiger partial charge in [-0.2, -0.15) is 0 Å². The average Bonchev–Trinajstić information content (AvgIpc) is 2.72. The van der Waals surface area contributed by atoms with Crippen LogP contribution in [0.1, 0.15) is 27.7 Å². The number of hydrogen-bond donors (Lipinski definition) is 1. The quantitative estimate of drug-likeness (QED) is 0.735. The maximum atomic E-state index is 12.8. The van der Waals surface area contributed by atoms with Crippen LogP contribution < -0.4 is 9.80 Å². The molecule has 1 N–H and O–H groups in total. The molecule has 1 aliphatic rings. The fraction of sp³-hybridized carbons (Fsp3) is 0.391. The van der Waals surface area contributed by atoms with Crippen molar-refractivity contribution in [1.29, 1.82) is 0 Å². The highest BCUT2D eigenvalue weighted by molar-refractivity contribution is 7.91. The second kappa shape index (κ2) is 9.30. The number of amides is 2. The lowest BCUT2D eigenvalue weighted by Crippen LogP contribution is -2.51. The van der Waals surface area contributed by atoms with Crippen molar-refractivity contribution in [3.63, 3.8) is 0 Å². The van der Waals surface area contributed by atoms with Crippen LogP contribution in [0.15, 0.2) is 47.4 Å². The lowest BCUT2D eigenvalue weighted by Gasteiger charge is -2.40. The van der Waals surface area contributed by atoms with E-state index in [2.05, 4.69) is 0 Å². The Morgan fingerprint density at radius 1 is 1.09 bits per heavy atom. The van der Waals surface area contributed by atoms with E-state index in [1.165, 1.54) is 24.0 Å². The van der Waals surface area contributed by atoms with Gasteiger partial charge in [-0.25, -0.2) is 13.2 Å². The maximum absolute atomic E-state index is 12.8. The van der Waals surface area contributed by atoms with E-state index in [-0.39, 0.29) is 28.7 Å². The summed E-state index contributed by atoms with van der Waals surface area (Å²) in [7, 11) is -3.54. The number of nitrogens with zero attached hydrogens (tertiary/aromatic N) is 2. The van der Waals surface area contributed by atoms with E-state index < -0.39 is 22.5 Å². The van der Waals surface area contributed by atoms with Gasteiger partial charge in [0.1, 0.15) is 0 Å². The molecule has 1 heterocycles. The Morgan fingerprint density at radius 2 is 1.72 bits per heavy atom. The van der Waals surface area contributed by atoms with E-state index in [1.807, 2.05) is 13.0 Å². The molecule has 0 saturated heterocycles. The van der Waals surface area contributed by atoms with Gasteiger partial charge < -0.3 is 14.7 Å². The van der Waals surface area contributed by atoms with Gasteiger partial charge in [-0.3, -0.25) is 9.69 Å². The van der Waals surface area contributed by atoms with Crippen molar-refractivity contribution in [3.8, 4) is 11.1 Å². The largest absolute Gasteiger partial charge is 0.446 e. The van der Waals surface area contributed by atoms with Crippen molar-refractivity contribution in [2.45, 2.75) is 44.7 Å². The van der Waals surface area contributed by atoms with Crippen LogP contribution in [0.5, 0.6) is 0 Å². The van der Waals surface area contributed by atoms with E-state index in [0.717, 1.165) is 11.1 Å². The third kappa shape index (κ3) is 4.78. The van der Waals surface area contributed by atoms with Gasteiger partial charge >= 0.3 is 6.09 Å². The van der Waals surface area contributed by atoms with Gasteiger partial charge in [-0.15, -0.1) is 0 Å². The lowest BCUT2D eigenvalue weighted by atomic mass is 10.0. The first-order valence-corrected chi connectivity index (χ1v) is 12.1. The number of ether oxygens (including phenoxy) is 1. The predicted molar refractivity (Wildman–Crippen MR) is 123 cm³/mol. The SMILES string of the molecule is CC(=O)N1c2ccc(-c3ccc(S(=O)(=O)CCO)cc3)cc2N(C(=O)OC(C)C)C[C@@H]1C. The summed E-state index contributed by atoms with van der Waals surface area (Å²) < 4.78 is 29.7. The van der Waals surface area contributed by atoms with E-state index in [9.17, 15) is 18.0 Å². The summed E-state index contributed by atoms with van der Waals surface area (Å²) in [5, 5.41) is 8.96. The second-order valence-electron chi connectivity index (χ2n) is 8.05. The number of benzene rings is 2. The normalized spacial score (nSPS) is 16.1. The molecule has 0 spiro atoms. The van der Waals surface area contributed by atoms with Crippen molar-refractivity contribution < 1.29 is 27.9 Å². The van der Waals surface area contributed by atoms with Gasteiger partial charge in [0.2, 0.25) is 5.91 Å². The lowest BCUT2D eigenvalue weighted by molar-refractivity contribution is -0.117. The molecule has 0 saturated carbocycles. The molecule has 2 amide bonds. The average molecular weight is 461 g/mol. The molecule has 32 heavy (non-hydrogen) atoms. The minimum Gasteiger partial charge on any atom is -0.446 e. The van der Waals surface area contributed by atoms with Crippen LogP contribution in [0.3, 0.4) is 0 Å². The molecule has 9 heteroatoms. The van der Waals surface area contributed by atoms with Crippen LogP contribution in [0, 0.1) is 0 Å². The van der Waals surface area contributed by atoms with Gasteiger partial charge in [-0.1, -0.05) is 18.2 Å². The Morgan fingerprint density at radius 3 is 2.28 bits per heavy atom. The first kappa shape index (κ1) is 23.7. The third-order valence-electron chi connectivity index (χ3n) is 5.22. The fourth-order valence-electron chi connectivity index (χ4n) is 3.82. The Hall–Kier alpha value is -2.91. The number of carbonyl (C=O) groups is 2. The summed E-state index contributed by atoms with van der Waals surface area (Å²) in [6.07, 6.45) is -0.775. The Labute approximate surface area is 188 Å². The number of aliphatic hydroxyl groups excluding tert-OH is 1. The van der Waals surface area contributed by atoms with Crippen molar-refractivity contribution in [2.75, 3.05) is 28.7 Å². The molecular weight excluding hydrogens is 432 g/mol. The van der Waals surface area contributed by atoms with Crippen LogP contribution in [-0.2, 0) is 19.4 Å². The summed E-state index contributed by atoms with van der Waals surface area (Å²) in [6.45, 7) is 6.76. The molecule has 2 aromatic carbocycles. The van der Waals surface area contributed by atoms with Gasteiger partial charge in [0.25, 0.3) is 0 Å². The zero-order chi connectivity index (χ0) is 23.6. The molecule has 3 rings (SSSR count). The Kier molecular flexibility index (Phi) is 6.90. The molecule has 1 aliphatic heterocycles. The van der Waals surface area contributed by atoms with Crippen molar-refractivity contribution in [1.82, 2.24) is 0 Å². The van der Waals surface area contributed by atoms with Crippen LogP contribution in [0.4, 0.5) is 16.2 Å². The highest BCUT2D eigenvalue weighted by Crippen LogP contribution is 2.39. The zero-order valence-corrected chi connectivity index (χ0v) is 19.4. The van der Waals surface area contributed by atoms with E-state index in [1.54, 1.807) is 43.0 Å². The molecule has 172 valence electrons. The molecule has 8 nitrogen and oxygen atoms in total. The minimum absolute atomic E-state index is 0.123. The molecule has 0 aliphatic carbocycles. The van der Waals surface area contributed by atoms with Crippen LogP contribution in [-0.4, -0.2) is 56.6 Å². The monoisotopic (exact) mass is 460 g/mol. The number of hydrogen-bond acceptors (Lipinski definition) is 6. The standard InChI is InChI=1S/C23H28N2O6S/c1-15(2)31-23(28)24-14-16(3)25(17(4)27)21-10-7-19(13-22(21)24)18-5-8-20(9-6-18)32(29,30)12-11-26/h5-10,13,15-16,26H,11-12,14H2,1-4H3/t16-/m0/s1. The summed E-state index contributed by atoms with van der Waals surface area (Å²) in [6, 6.07) is 11.5. The third-order valence-corrected chi connectivity index (χ3v) is 6.93. The number of carbonyl (C=O) groups excluding carboxylic acids is 2. The van der Waals surface area contributed by atoms with Gasteiger partial charge in [0.05, 0.1) is 40.8 Å². The molecule has 0 unspecified atom stereocenters. The van der Waals surface area contributed by atoms with Crippen LogP contribution >= 0.6 is 0 Å². The smallest absolute Gasteiger partial charge is 0.414 e. The van der Waals surface area contributed by atoms with E-state index in [4.69, 9.17) is 9.84 Å². The van der Waals surface area contributed by atoms with E-state index in [0.29, 0.717) is 17.9 Å². The highest BCUT2D eigenvalue weighted by atomic mass is 32.2. The van der Waals surface area contributed by atoms with Crippen LogP contribution in [0.25, 0.3) is 11.1 Å². The summed E-state index contributed by atoms with van der Waals surface area (Å²) >= 11 is 0. The topological polar surface area (TPSA) is 104 Å². The molecule has 0 aromatic heterocycles. The Balaban J connectivity index is 2.04. The molecule has 0 bridgehead atoms. The first-order valence-electron chi connectivity index (χ1n) is 10.4. The second-order valence-corrected chi connectivity index (χ2v) is 10.2. The van der Waals surface area contributed by atoms with Gasteiger partial charge in [-0.05, 0) is 56.2 Å². The summed E-state index contributed by atoms with van der Waals surface area (Å²) in [4.78, 5) is 28.4. The van der Waals surface area contributed by atoms with Crippen molar-refractivity contribution in [2.24, 2.45) is 0 Å². The van der Waals surface area contributed by atoms with Crippen molar-refractivity contribution >= 4 is 33.2 Å². The Bertz CT molecular complexity index is 1110. The molecular formula is C23H28N2O6S. The van der Waals surface area contributed by atoms with Crippen molar-refractivity contribution in [3.05, 3.63) is 42.5 Å². The highest BCUT2D eigenvalue weighted by Gasteiger charge is 2.34. The molecule has 0 fully saturated rings. The van der Waals surface area contributed by atoms with E-state index >= 15 is 0 Å². The maximum Gasteiger partial charge on any atom is 0.414 e. The number of rotatable bonds is 5. The van der Waals surface area contributed by atoms with Crippen LogP contribution in [0.2, 0.25) is 0 Å². The minimum atomic E-state index is -3.54. The van der Waals surface area contributed by atoms with Gasteiger partial charge in [0.15, 0.2) is 9.84 Å².